The largest absolute Gasteiger partial charge is 0.352 e. The lowest BCUT2D eigenvalue weighted by atomic mass is 10.2. The summed E-state index contributed by atoms with van der Waals surface area (Å²) < 4.78 is 1.60. The minimum absolute atomic E-state index is 0.0110. The number of fused-ring (bicyclic) bond motifs is 1. The Kier molecular flexibility index (Phi) is 5.37. The number of aromatic nitrogens is 2. The molecule has 1 N–H and O–H groups in total. The Morgan fingerprint density at radius 2 is 2.18 bits per heavy atom. The molecule has 1 atom stereocenters. The maximum absolute atomic E-state index is 13.1. The van der Waals surface area contributed by atoms with E-state index in [1.54, 1.807) is 10.6 Å². The molecule has 0 aliphatic heterocycles. The van der Waals surface area contributed by atoms with Crippen molar-refractivity contribution in [3.8, 4) is 10.4 Å². The van der Waals surface area contributed by atoms with Crippen LogP contribution in [0.5, 0.6) is 0 Å². The fourth-order valence-electron chi connectivity index (χ4n) is 2.88. The molecule has 1 aromatic carbocycles. The van der Waals surface area contributed by atoms with E-state index in [0.29, 0.717) is 28.0 Å². The third-order valence-electron chi connectivity index (χ3n) is 4.56. The monoisotopic (exact) mass is 411 g/mol. The predicted molar refractivity (Wildman–Crippen MR) is 116 cm³/mol. The van der Waals surface area contributed by atoms with E-state index in [0.717, 1.165) is 23.3 Å². The molecule has 4 rings (SSSR count). The van der Waals surface area contributed by atoms with Crippen molar-refractivity contribution < 1.29 is 4.79 Å². The number of rotatable bonds is 7. The van der Waals surface area contributed by atoms with E-state index in [1.165, 1.54) is 23.1 Å². The molecule has 7 heteroatoms. The van der Waals surface area contributed by atoms with E-state index in [1.807, 2.05) is 43.3 Å². The zero-order valence-corrected chi connectivity index (χ0v) is 17.2. The average Bonchev–Trinajstić information content (AvgIpc) is 3.41. The van der Waals surface area contributed by atoms with Crippen LogP contribution in [0.2, 0.25) is 0 Å². The zero-order chi connectivity index (χ0) is 19.7. The summed E-state index contributed by atoms with van der Waals surface area (Å²) in [5.74, 6) is -0.0110. The number of amides is 1. The maximum atomic E-state index is 13.1. The quantitative estimate of drug-likeness (QED) is 0.362. The minimum Gasteiger partial charge on any atom is -0.352 e. The Hall–Kier alpha value is -2.38. The van der Waals surface area contributed by atoms with Crippen molar-refractivity contribution in [2.24, 2.45) is 0 Å². The van der Waals surface area contributed by atoms with Gasteiger partial charge in [-0.1, -0.05) is 48.2 Å². The molecule has 1 fully saturated rings. The number of allylic oxidation sites excluding steroid dienone is 1. The first-order valence-electron chi connectivity index (χ1n) is 9.24. The standard InChI is InChI=1S/C21H21N3O2S2/c1-3-11-24-20(26)16-12-17(14-7-5-4-6-8-14)28-19(16)23-21(24)27-13(2)18(25)22-15-9-10-15/h3-8,12-13,15H,1,9-11H2,2H3,(H,22,25)/t13-/m0/s1. The summed E-state index contributed by atoms with van der Waals surface area (Å²) in [6.07, 6.45) is 3.77. The number of benzene rings is 1. The lowest BCUT2D eigenvalue weighted by molar-refractivity contribution is -0.120. The van der Waals surface area contributed by atoms with Crippen LogP contribution in [0.15, 0.2) is 59.0 Å². The summed E-state index contributed by atoms with van der Waals surface area (Å²) in [6.45, 7) is 5.97. The first kappa shape index (κ1) is 19.0. The van der Waals surface area contributed by atoms with Crippen LogP contribution in [0, 0.1) is 0 Å². The SMILES string of the molecule is C=CCn1c(S[C@@H](C)C(=O)NC2CC2)nc2sc(-c3ccccc3)cc2c1=O. The Morgan fingerprint density at radius 1 is 1.43 bits per heavy atom. The van der Waals surface area contributed by atoms with Crippen molar-refractivity contribution in [3.63, 3.8) is 0 Å². The van der Waals surface area contributed by atoms with Gasteiger partial charge >= 0.3 is 0 Å². The molecule has 0 unspecified atom stereocenters. The summed E-state index contributed by atoms with van der Waals surface area (Å²) >= 11 is 2.82. The molecule has 0 radical (unpaired) electrons. The molecular weight excluding hydrogens is 390 g/mol. The average molecular weight is 412 g/mol. The molecule has 28 heavy (non-hydrogen) atoms. The fraction of sp³-hybridized carbons (Fsp3) is 0.286. The summed E-state index contributed by atoms with van der Waals surface area (Å²) in [6, 6.07) is 12.2. The highest BCUT2D eigenvalue weighted by atomic mass is 32.2. The first-order valence-corrected chi connectivity index (χ1v) is 10.9. The van der Waals surface area contributed by atoms with Crippen molar-refractivity contribution in [3.05, 3.63) is 59.4 Å². The number of hydrogen-bond donors (Lipinski definition) is 1. The zero-order valence-electron chi connectivity index (χ0n) is 15.6. The van der Waals surface area contributed by atoms with E-state index >= 15 is 0 Å². The minimum atomic E-state index is -0.324. The van der Waals surface area contributed by atoms with E-state index in [4.69, 9.17) is 4.98 Å². The Balaban J connectivity index is 1.72. The Bertz CT molecular complexity index is 1080. The Morgan fingerprint density at radius 3 is 2.86 bits per heavy atom. The molecule has 3 aromatic rings. The van der Waals surface area contributed by atoms with Gasteiger partial charge in [-0.2, -0.15) is 0 Å². The van der Waals surface area contributed by atoms with Gasteiger partial charge in [-0.3, -0.25) is 14.2 Å². The predicted octanol–water partition coefficient (Wildman–Crippen LogP) is 4.07. The summed E-state index contributed by atoms with van der Waals surface area (Å²) in [5.41, 5.74) is 0.965. The molecule has 1 amide bonds. The number of thiophene rings is 1. The van der Waals surface area contributed by atoms with Crippen LogP contribution < -0.4 is 10.9 Å². The van der Waals surface area contributed by atoms with Gasteiger partial charge in [-0.05, 0) is 31.4 Å². The van der Waals surface area contributed by atoms with Gasteiger partial charge in [0.15, 0.2) is 5.16 Å². The van der Waals surface area contributed by atoms with Crippen molar-refractivity contribution in [1.29, 1.82) is 0 Å². The van der Waals surface area contributed by atoms with Gasteiger partial charge in [-0.25, -0.2) is 4.98 Å². The highest BCUT2D eigenvalue weighted by molar-refractivity contribution is 8.00. The summed E-state index contributed by atoms with van der Waals surface area (Å²) in [5, 5.41) is 3.84. The third kappa shape index (κ3) is 3.91. The van der Waals surface area contributed by atoms with Gasteiger partial charge in [0.2, 0.25) is 5.91 Å². The molecule has 1 aliphatic carbocycles. The van der Waals surface area contributed by atoms with Gasteiger partial charge in [0.1, 0.15) is 4.83 Å². The number of carbonyl (C=O) groups is 1. The van der Waals surface area contributed by atoms with Gasteiger partial charge in [0.05, 0.1) is 10.6 Å². The number of carbonyl (C=O) groups excluding carboxylic acids is 1. The molecule has 1 aliphatic rings. The summed E-state index contributed by atoms with van der Waals surface area (Å²) in [7, 11) is 0. The number of thioether (sulfide) groups is 1. The van der Waals surface area contributed by atoms with Crippen molar-refractivity contribution in [1.82, 2.24) is 14.9 Å². The highest BCUT2D eigenvalue weighted by Crippen LogP contribution is 2.33. The number of hydrogen-bond acceptors (Lipinski definition) is 5. The highest BCUT2D eigenvalue weighted by Gasteiger charge is 2.27. The molecular formula is C21H21N3O2S2. The molecule has 144 valence electrons. The van der Waals surface area contributed by atoms with Crippen molar-refractivity contribution >= 4 is 39.2 Å². The third-order valence-corrected chi connectivity index (χ3v) is 6.73. The lowest BCUT2D eigenvalue weighted by Gasteiger charge is -2.14. The van der Waals surface area contributed by atoms with E-state index in [9.17, 15) is 9.59 Å². The van der Waals surface area contributed by atoms with Gasteiger partial charge in [-0.15, -0.1) is 17.9 Å². The molecule has 2 aromatic heterocycles. The van der Waals surface area contributed by atoms with Crippen LogP contribution in [0.4, 0.5) is 0 Å². The molecule has 0 bridgehead atoms. The van der Waals surface area contributed by atoms with Crippen LogP contribution in [-0.2, 0) is 11.3 Å². The van der Waals surface area contributed by atoms with Crippen LogP contribution >= 0.6 is 23.1 Å². The van der Waals surface area contributed by atoms with E-state index in [2.05, 4.69) is 11.9 Å². The van der Waals surface area contributed by atoms with Crippen LogP contribution in [0.25, 0.3) is 20.7 Å². The van der Waals surface area contributed by atoms with Gasteiger partial charge in [0, 0.05) is 17.5 Å². The van der Waals surface area contributed by atoms with E-state index in [-0.39, 0.29) is 16.7 Å². The number of nitrogens with one attached hydrogen (secondary N) is 1. The number of nitrogens with zero attached hydrogens (tertiary/aromatic N) is 2. The Labute approximate surface area is 171 Å². The molecule has 5 nitrogen and oxygen atoms in total. The fourth-order valence-corrected chi connectivity index (χ4v) is 4.88. The molecule has 0 spiro atoms. The van der Waals surface area contributed by atoms with Gasteiger partial charge < -0.3 is 5.32 Å². The van der Waals surface area contributed by atoms with Crippen LogP contribution in [-0.4, -0.2) is 26.8 Å². The van der Waals surface area contributed by atoms with Crippen LogP contribution in [0.1, 0.15) is 19.8 Å². The van der Waals surface area contributed by atoms with Crippen LogP contribution in [0.3, 0.4) is 0 Å². The second-order valence-corrected chi connectivity index (χ2v) is 9.18. The molecule has 1 saturated carbocycles. The first-order chi connectivity index (χ1) is 13.6. The normalized spacial score (nSPS) is 14.8. The molecule has 2 heterocycles. The van der Waals surface area contributed by atoms with E-state index < -0.39 is 0 Å². The summed E-state index contributed by atoms with van der Waals surface area (Å²) in [4.78, 5) is 31.9. The van der Waals surface area contributed by atoms with Crippen molar-refractivity contribution in [2.75, 3.05) is 0 Å². The topological polar surface area (TPSA) is 64.0 Å². The second kappa shape index (κ2) is 7.93. The van der Waals surface area contributed by atoms with Gasteiger partial charge in [0.25, 0.3) is 5.56 Å². The smallest absolute Gasteiger partial charge is 0.263 e. The lowest BCUT2D eigenvalue weighted by Crippen LogP contribution is -2.33. The van der Waals surface area contributed by atoms with Crippen molar-refractivity contribution in [2.45, 2.75) is 42.8 Å². The molecule has 0 saturated heterocycles. The second-order valence-electron chi connectivity index (χ2n) is 6.84. The maximum Gasteiger partial charge on any atom is 0.263 e.